The number of fused-ring (bicyclic) bond motifs is 5. The van der Waals surface area contributed by atoms with Crippen molar-refractivity contribution >= 4 is 53.9 Å². The molecule has 0 unspecified atom stereocenters. The van der Waals surface area contributed by atoms with Gasteiger partial charge < -0.3 is 0 Å². The number of rotatable bonds is 4. The van der Waals surface area contributed by atoms with E-state index in [0.29, 0.717) is 0 Å². The van der Waals surface area contributed by atoms with Crippen molar-refractivity contribution in [2.45, 2.75) is 5.41 Å². The summed E-state index contributed by atoms with van der Waals surface area (Å²) in [6, 6.07) is 77.4. The Kier molecular flexibility index (Phi) is 6.36. The minimum Gasteiger partial charge on any atom is -0.0622 e. The molecule has 0 saturated carbocycles. The van der Waals surface area contributed by atoms with Gasteiger partial charge in [-0.2, -0.15) is 0 Å². The van der Waals surface area contributed by atoms with Crippen molar-refractivity contribution in [1.82, 2.24) is 0 Å². The third-order valence-electron chi connectivity index (χ3n) is 12.5. The molecule has 55 heavy (non-hydrogen) atoms. The second-order valence-electron chi connectivity index (χ2n) is 15.2. The molecule has 254 valence electrons. The van der Waals surface area contributed by atoms with Gasteiger partial charge in [0.05, 0.1) is 5.41 Å². The van der Waals surface area contributed by atoms with E-state index in [9.17, 15) is 0 Å². The molecule has 0 aromatic heterocycles. The van der Waals surface area contributed by atoms with Crippen LogP contribution in [0.1, 0.15) is 22.3 Å². The van der Waals surface area contributed by atoms with Crippen LogP contribution in [0.2, 0.25) is 0 Å². The van der Waals surface area contributed by atoms with Crippen LogP contribution in [0.4, 0.5) is 0 Å². The van der Waals surface area contributed by atoms with Gasteiger partial charge in [-0.25, -0.2) is 0 Å². The quantitative estimate of drug-likeness (QED) is 0.161. The third kappa shape index (κ3) is 4.28. The predicted molar refractivity (Wildman–Crippen MR) is 233 cm³/mol. The maximum Gasteiger partial charge on any atom is 0.0714 e. The predicted octanol–water partition coefficient (Wildman–Crippen LogP) is 14.6. The fourth-order valence-corrected chi connectivity index (χ4v) is 10.0. The summed E-state index contributed by atoms with van der Waals surface area (Å²) in [4.78, 5) is 0. The minimum atomic E-state index is -0.530. The summed E-state index contributed by atoms with van der Waals surface area (Å²) < 4.78 is 0. The summed E-state index contributed by atoms with van der Waals surface area (Å²) in [6.45, 7) is 0. The lowest BCUT2D eigenvalue weighted by atomic mass is 9.67. The zero-order valence-corrected chi connectivity index (χ0v) is 30.1. The highest BCUT2D eigenvalue weighted by Crippen LogP contribution is 2.58. The van der Waals surface area contributed by atoms with Gasteiger partial charge in [-0.15, -0.1) is 0 Å². The van der Waals surface area contributed by atoms with Gasteiger partial charge in [0.2, 0.25) is 0 Å². The Morgan fingerprint density at radius 3 is 1.56 bits per heavy atom. The van der Waals surface area contributed by atoms with Crippen LogP contribution in [-0.2, 0) is 5.41 Å². The zero-order valence-electron chi connectivity index (χ0n) is 30.1. The Labute approximate surface area is 319 Å². The maximum absolute atomic E-state index is 2.52. The zero-order chi connectivity index (χ0) is 36.1. The Morgan fingerprint density at radius 1 is 0.255 bits per heavy atom. The van der Waals surface area contributed by atoms with Crippen LogP contribution in [-0.4, -0.2) is 0 Å². The van der Waals surface area contributed by atoms with Crippen LogP contribution in [0.15, 0.2) is 206 Å². The van der Waals surface area contributed by atoms with Crippen molar-refractivity contribution in [2.24, 2.45) is 0 Å². The number of benzene rings is 11. The second kappa shape index (κ2) is 11.5. The molecule has 12 rings (SSSR count). The van der Waals surface area contributed by atoms with Gasteiger partial charge in [0.25, 0.3) is 0 Å². The van der Waals surface area contributed by atoms with Crippen molar-refractivity contribution in [3.63, 3.8) is 0 Å². The SMILES string of the molecule is c1ccc(C2(c3ccccc3)c3cc(-c4ccc5ccc6cccc7ccc4c5c67)ccc3-c3cc4cccc(-c5ccc6ccccc6c5)c4cc32)cc1. The van der Waals surface area contributed by atoms with Gasteiger partial charge >= 0.3 is 0 Å². The van der Waals surface area contributed by atoms with E-state index in [2.05, 4.69) is 206 Å². The maximum atomic E-state index is 2.52. The molecule has 0 nitrogen and oxygen atoms in total. The molecule has 0 fully saturated rings. The molecular formula is C55H34. The minimum absolute atomic E-state index is 0.530. The molecule has 0 aliphatic heterocycles. The van der Waals surface area contributed by atoms with E-state index in [1.165, 1.54) is 109 Å². The largest absolute Gasteiger partial charge is 0.0714 e. The van der Waals surface area contributed by atoms with Gasteiger partial charge in [-0.3, -0.25) is 0 Å². The summed E-state index contributed by atoms with van der Waals surface area (Å²) >= 11 is 0. The molecule has 0 N–H and O–H groups in total. The summed E-state index contributed by atoms with van der Waals surface area (Å²) in [5.74, 6) is 0. The van der Waals surface area contributed by atoms with E-state index < -0.39 is 5.41 Å². The van der Waals surface area contributed by atoms with Crippen molar-refractivity contribution in [3.8, 4) is 33.4 Å². The van der Waals surface area contributed by atoms with Crippen molar-refractivity contribution in [1.29, 1.82) is 0 Å². The van der Waals surface area contributed by atoms with Gasteiger partial charge in [0.15, 0.2) is 0 Å². The summed E-state index contributed by atoms with van der Waals surface area (Å²) in [6.07, 6.45) is 0. The molecule has 1 aliphatic rings. The summed E-state index contributed by atoms with van der Waals surface area (Å²) in [5, 5.41) is 12.9. The fraction of sp³-hybridized carbons (Fsp3) is 0.0182. The van der Waals surface area contributed by atoms with Gasteiger partial charge in [-0.1, -0.05) is 182 Å². The topological polar surface area (TPSA) is 0 Å². The molecule has 1 aliphatic carbocycles. The number of hydrogen-bond donors (Lipinski definition) is 0. The van der Waals surface area contributed by atoms with Crippen molar-refractivity contribution < 1.29 is 0 Å². The molecule has 0 spiro atoms. The average Bonchev–Trinajstić information content (AvgIpc) is 3.54. The lowest BCUT2D eigenvalue weighted by Gasteiger charge is -2.34. The van der Waals surface area contributed by atoms with E-state index in [1.807, 2.05) is 0 Å². The number of hydrogen-bond acceptors (Lipinski definition) is 0. The standard InChI is InChI=1S/C55H34/c1-3-16-43(17-4-1)55(44-18-5-2-6-19-44)51-33-42(46-28-25-38-23-22-36-13-9-14-37-26-30-48(46)54(38)53(36)37)27-29-47(51)50-32-40-15-10-20-45(49(40)34-52(50)55)41-24-21-35-11-7-8-12-39(35)31-41/h1-34H. The Balaban J connectivity index is 1.16. The molecule has 0 atom stereocenters. The molecule has 0 bridgehead atoms. The Bertz CT molecular complexity index is 3240. The van der Waals surface area contributed by atoms with E-state index in [-0.39, 0.29) is 0 Å². The molecule has 0 heteroatoms. The summed E-state index contributed by atoms with van der Waals surface area (Å²) in [5.41, 5.74) is 12.3. The highest BCUT2D eigenvalue weighted by molar-refractivity contribution is 6.25. The van der Waals surface area contributed by atoms with Crippen LogP contribution < -0.4 is 0 Å². The van der Waals surface area contributed by atoms with Crippen LogP contribution in [0.25, 0.3) is 87.2 Å². The molecule has 0 radical (unpaired) electrons. The summed E-state index contributed by atoms with van der Waals surface area (Å²) in [7, 11) is 0. The van der Waals surface area contributed by atoms with Gasteiger partial charge in [0, 0.05) is 0 Å². The first-order chi connectivity index (χ1) is 27.3. The van der Waals surface area contributed by atoms with Crippen molar-refractivity contribution in [3.05, 3.63) is 229 Å². The molecule has 11 aromatic carbocycles. The van der Waals surface area contributed by atoms with Gasteiger partial charge in [-0.05, 0) is 134 Å². The Morgan fingerprint density at radius 2 is 0.782 bits per heavy atom. The Hall–Kier alpha value is -7.02. The third-order valence-corrected chi connectivity index (χ3v) is 12.5. The second-order valence-corrected chi connectivity index (χ2v) is 15.2. The highest BCUT2D eigenvalue weighted by atomic mass is 14.5. The van der Waals surface area contributed by atoms with Gasteiger partial charge in [0.1, 0.15) is 0 Å². The van der Waals surface area contributed by atoms with Crippen molar-refractivity contribution in [2.75, 3.05) is 0 Å². The first-order valence-corrected chi connectivity index (χ1v) is 19.2. The lowest BCUT2D eigenvalue weighted by Crippen LogP contribution is -2.28. The van der Waals surface area contributed by atoms with Crippen LogP contribution in [0.5, 0.6) is 0 Å². The van der Waals surface area contributed by atoms with Crippen LogP contribution >= 0.6 is 0 Å². The smallest absolute Gasteiger partial charge is 0.0622 e. The molecule has 11 aromatic rings. The first kappa shape index (κ1) is 30.4. The fourth-order valence-electron chi connectivity index (χ4n) is 10.0. The first-order valence-electron chi connectivity index (χ1n) is 19.2. The van der Waals surface area contributed by atoms with E-state index in [0.717, 1.165) is 0 Å². The van der Waals surface area contributed by atoms with E-state index >= 15 is 0 Å². The molecule has 0 amide bonds. The van der Waals surface area contributed by atoms with E-state index in [4.69, 9.17) is 0 Å². The molecule has 0 heterocycles. The molecule has 0 saturated heterocycles. The van der Waals surface area contributed by atoms with Crippen LogP contribution in [0, 0.1) is 0 Å². The monoisotopic (exact) mass is 694 g/mol. The molecular weight excluding hydrogens is 661 g/mol. The average molecular weight is 695 g/mol. The van der Waals surface area contributed by atoms with E-state index in [1.54, 1.807) is 0 Å². The lowest BCUT2D eigenvalue weighted by molar-refractivity contribution is 0.770. The highest BCUT2D eigenvalue weighted by Gasteiger charge is 2.46. The van der Waals surface area contributed by atoms with Crippen LogP contribution in [0.3, 0.4) is 0 Å². The normalized spacial score (nSPS) is 13.2.